The first-order chi connectivity index (χ1) is 5.54. The van der Waals surface area contributed by atoms with Crippen molar-refractivity contribution in [2.75, 3.05) is 0 Å². The molecule has 0 heterocycles. The van der Waals surface area contributed by atoms with E-state index < -0.39 is 18.5 Å². The lowest BCUT2D eigenvalue weighted by Gasteiger charge is -2.32. The Kier molecular flexibility index (Phi) is 10.8. The molecule has 0 spiro atoms. The second-order valence-corrected chi connectivity index (χ2v) is 3.26. The highest BCUT2D eigenvalue weighted by Gasteiger charge is 2.34. The van der Waals surface area contributed by atoms with Gasteiger partial charge in [0.25, 0.3) is 0 Å². The fourth-order valence-corrected chi connectivity index (χ4v) is 0.250. The van der Waals surface area contributed by atoms with E-state index in [-0.39, 0.29) is 24.0 Å². The van der Waals surface area contributed by atoms with Gasteiger partial charge in [-0.2, -0.15) is 0 Å². The molecule has 5 N–H and O–H groups in total. The molecule has 0 rings (SSSR count). The number of halogens is 1. The summed E-state index contributed by atoms with van der Waals surface area (Å²) in [6, 6.07) is 0. The fourth-order valence-electron chi connectivity index (χ4n) is 0.250. The molecule has 14 heavy (non-hydrogen) atoms. The Balaban J connectivity index is -0.000000209. The van der Waals surface area contributed by atoms with Crippen molar-refractivity contribution >= 4 is 31.3 Å². The van der Waals surface area contributed by atoms with Crippen molar-refractivity contribution in [3.63, 3.8) is 0 Å². The zero-order valence-electron chi connectivity index (χ0n) is 8.51. The van der Waals surface area contributed by atoms with Crippen LogP contribution in [-0.2, 0) is 0 Å². The predicted octanol–water partition coefficient (Wildman–Crippen LogP) is -0.740. The van der Waals surface area contributed by atoms with Crippen molar-refractivity contribution in [2.45, 2.75) is 32.0 Å². The van der Waals surface area contributed by atoms with Crippen molar-refractivity contribution in [1.82, 2.24) is 0 Å². The Morgan fingerprint density at radius 2 is 1.29 bits per heavy atom. The minimum Gasteiger partial charge on any atom is -0.402 e. The molecule has 0 aliphatic heterocycles. The van der Waals surface area contributed by atoms with E-state index in [0.29, 0.717) is 0 Å². The zero-order valence-corrected chi connectivity index (χ0v) is 10.8. The van der Waals surface area contributed by atoms with Crippen LogP contribution in [0.5, 0.6) is 0 Å². The van der Waals surface area contributed by atoms with E-state index in [9.17, 15) is 10.2 Å². The molecule has 5 nitrogen and oxygen atoms in total. The molecule has 0 saturated heterocycles. The summed E-state index contributed by atoms with van der Waals surface area (Å²) in [6.45, 7) is 7.98. The molecular formula is C7H18BIO5. The SMILES string of the molecule is C=CC(C)(O)C(C)(C)O.I.OB(O)O. The average molecular weight is 320 g/mol. The van der Waals surface area contributed by atoms with E-state index in [2.05, 4.69) is 6.58 Å². The lowest BCUT2D eigenvalue weighted by molar-refractivity contribution is -0.0880. The van der Waals surface area contributed by atoms with Gasteiger partial charge in [0.05, 0.1) is 5.60 Å². The highest BCUT2D eigenvalue weighted by Crippen LogP contribution is 2.21. The molecule has 1 unspecified atom stereocenters. The minimum absolute atomic E-state index is 0. The van der Waals surface area contributed by atoms with Gasteiger partial charge in [-0.15, -0.1) is 30.6 Å². The van der Waals surface area contributed by atoms with Crippen LogP contribution in [0.25, 0.3) is 0 Å². The van der Waals surface area contributed by atoms with Gasteiger partial charge < -0.3 is 25.3 Å². The van der Waals surface area contributed by atoms with Crippen molar-refractivity contribution in [1.29, 1.82) is 0 Å². The molecule has 0 fully saturated rings. The maximum atomic E-state index is 9.29. The van der Waals surface area contributed by atoms with Gasteiger partial charge in [0.15, 0.2) is 0 Å². The number of aliphatic hydroxyl groups is 2. The first-order valence-electron chi connectivity index (χ1n) is 3.67. The summed E-state index contributed by atoms with van der Waals surface area (Å²) in [5, 5.41) is 40.0. The normalized spacial score (nSPS) is 14.0. The van der Waals surface area contributed by atoms with Crippen LogP contribution in [-0.4, -0.2) is 43.8 Å². The molecule has 0 aromatic heterocycles. The molecule has 0 saturated carbocycles. The molecule has 0 aliphatic rings. The molecular weight excluding hydrogens is 302 g/mol. The summed E-state index contributed by atoms with van der Waals surface area (Å²) in [4.78, 5) is 0. The van der Waals surface area contributed by atoms with Crippen LogP contribution in [0.15, 0.2) is 12.7 Å². The number of hydrogen-bond acceptors (Lipinski definition) is 5. The highest BCUT2D eigenvalue weighted by atomic mass is 127. The lowest BCUT2D eigenvalue weighted by Crippen LogP contribution is -2.45. The summed E-state index contributed by atoms with van der Waals surface area (Å²) < 4.78 is 0. The van der Waals surface area contributed by atoms with Crippen LogP contribution in [0.4, 0.5) is 0 Å². The second kappa shape index (κ2) is 7.60. The van der Waals surface area contributed by atoms with Gasteiger partial charge in [0, 0.05) is 0 Å². The lowest BCUT2D eigenvalue weighted by atomic mass is 9.88. The molecule has 0 aromatic carbocycles. The predicted molar refractivity (Wildman–Crippen MR) is 64.9 cm³/mol. The van der Waals surface area contributed by atoms with Crippen LogP contribution in [0.3, 0.4) is 0 Å². The van der Waals surface area contributed by atoms with Crippen molar-refractivity contribution < 1.29 is 25.3 Å². The van der Waals surface area contributed by atoms with Gasteiger partial charge in [0.1, 0.15) is 5.60 Å². The third-order valence-corrected chi connectivity index (χ3v) is 1.64. The summed E-state index contributed by atoms with van der Waals surface area (Å²) in [5.74, 6) is 0. The van der Waals surface area contributed by atoms with Gasteiger partial charge >= 0.3 is 7.32 Å². The summed E-state index contributed by atoms with van der Waals surface area (Å²) in [5.41, 5.74) is -2.32. The van der Waals surface area contributed by atoms with Crippen molar-refractivity contribution in [2.24, 2.45) is 0 Å². The quantitative estimate of drug-likeness (QED) is 0.262. The smallest absolute Gasteiger partial charge is 0.402 e. The zero-order chi connectivity index (χ0) is 11.3. The molecule has 0 amide bonds. The molecule has 0 radical (unpaired) electrons. The van der Waals surface area contributed by atoms with Crippen molar-refractivity contribution in [3.8, 4) is 0 Å². The first kappa shape index (κ1) is 19.8. The van der Waals surface area contributed by atoms with Gasteiger partial charge in [0.2, 0.25) is 0 Å². The Bertz CT molecular complexity index is 152. The Hall–Kier alpha value is 0.335. The van der Waals surface area contributed by atoms with Crippen molar-refractivity contribution in [3.05, 3.63) is 12.7 Å². The van der Waals surface area contributed by atoms with E-state index in [1.54, 1.807) is 0 Å². The molecule has 1 atom stereocenters. The first-order valence-corrected chi connectivity index (χ1v) is 3.67. The van der Waals surface area contributed by atoms with E-state index in [1.165, 1.54) is 26.8 Å². The summed E-state index contributed by atoms with van der Waals surface area (Å²) in [7, 11) is -2.17. The van der Waals surface area contributed by atoms with Gasteiger partial charge in [-0.1, -0.05) is 6.08 Å². The maximum Gasteiger partial charge on any atom is 0.631 e. The van der Waals surface area contributed by atoms with E-state index >= 15 is 0 Å². The topological polar surface area (TPSA) is 101 Å². The van der Waals surface area contributed by atoms with E-state index in [1.807, 2.05) is 0 Å². The van der Waals surface area contributed by atoms with Gasteiger partial charge in [-0.25, -0.2) is 0 Å². The van der Waals surface area contributed by atoms with Crippen LogP contribution in [0, 0.1) is 0 Å². The molecule has 0 bridgehead atoms. The van der Waals surface area contributed by atoms with Crippen LogP contribution < -0.4 is 0 Å². The van der Waals surface area contributed by atoms with Crippen LogP contribution in [0.2, 0.25) is 0 Å². The van der Waals surface area contributed by atoms with Crippen LogP contribution in [0.1, 0.15) is 20.8 Å². The minimum atomic E-state index is -2.17. The van der Waals surface area contributed by atoms with Gasteiger partial charge in [-0.05, 0) is 20.8 Å². The third kappa shape index (κ3) is 10.4. The Morgan fingerprint density at radius 1 is 1.07 bits per heavy atom. The Morgan fingerprint density at radius 3 is 1.29 bits per heavy atom. The average Bonchev–Trinajstić information content (AvgIpc) is 1.84. The number of rotatable bonds is 2. The van der Waals surface area contributed by atoms with Gasteiger partial charge in [-0.3, -0.25) is 0 Å². The third-order valence-electron chi connectivity index (χ3n) is 1.64. The monoisotopic (exact) mass is 320 g/mol. The van der Waals surface area contributed by atoms with Crippen LogP contribution >= 0.6 is 24.0 Å². The molecule has 86 valence electrons. The van der Waals surface area contributed by atoms with E-state index in [0.717, 1.165) is 0 Å². The molecule has 7 heteroatoms. The second-order valence-electron chi connectivity index (χ2n) is 3.26. The summed E-state index contributed by atoms with van der Waals surface area (Å²) >= 11 is 0. The largest absolute Gasteiger partial charge is 0.631 e. The standard InChI is InChI=1S/C7H14O2.BH3O3.HI/c1-5-7(4,9)6(2,3)8;2-1(3)4;/h5,8-9H,1H2,2-4H3;2-4H;1H. The summed E-state index contributed by atoms with van der Waals surface area (Å²) in [6.07, 6.45) is 1.33. The fraction of sp³-hybridized carbons (Fsp3) is 0.714. The maximum absolute atomic E-state index is 9.29. The van der Waals surface area contributed by atoms with E-state index in [4.69, 9.17) is 15.1 Å². The molecule has 0 aliphatic carbocycles. The Labute approximate surface area is 101 Å². The highest BCUT2D eigenvalue weighted by molar-refractivity contribution is 14.0. The molecule has 0 aromatic rings. The number of hydrogen-bond donors (Lipinski definition) is 5.